The summed E-state index contributed by atoms with van der Waals surface area (Å²) in [6.07, 6.45) is 1.58. The lowest BCUT2D eigenvalue weighted by Gasteiger charge is -2.07. The average Bonchev–Trinajstić information content (AvgIpc) is 3.27. The van der Waals surface area contributed by atoms with E-state index in [-0.39, 0.29) is 10.1 Å². The minimum Gasteiger partial charge on any atom is -0.279 e. The summed E-state index contributed by atoms with van der Waals surface area (Å²) in [6.45, 7) is 1.99. The van der Waals surface area contributed by atoms with E-state index in [1.807, 2.05) is 19.1 Å². The molecule has 1 aromatic carbocycles. The van der Waals surface area contributed by atoms with Crippen LogP contribution in [0, 0.1) is 6.92 Å². The Balaban J connectivity index is 1.62. The Morgan fingerprint density at radius 3 is 2.50 bits per heavy atom. The number of carbonyl (C=O) groups is 1. The molecule has 0 unspecified atom stereocenters. The van der Waals surface area contributed by atoms with Crippen LogP contribution < -0.4 is 10.1 Å². The number of rotatable bonds is 6. The zero-order valence-corrected chi connectivity index (χ0v) is 16.1. The topological polar surface area (TPSA) is 87.6 Å². The fraction of sp³-hybridized carbons (Fsp3) is 0.0588. The summed E-state index contributed by atoms with van der Waals surface area (Å²) >= 11 is 2.71. The third kappa shape index (κ3) is 4.57. The molecule has 9 heteroatoms. The van der Waals surface area contributed by atoms with E-state index in [4.69, 9.17) is 0 Å². The normalized spacial score (nSPS) is 11.6. The zero-order chi connectivity index (χ0) is 18.6. The predicted molar refractivity (Wildman–Crippen MR) is 106 cm³/mol. The second-order valence-corrected chi connectivity index (χ2v) is 9.44. The van der Waals surface area contributed by atoms with Crippen molar-refractivity contribution in [3.63, 3.8) is 0 Å². The van der Waals surface area contributed by atoms with E-state index < -0.39 is 10.0 Å². The lowest BCUT2D eigenvalue weighted by Crippen LogP contribution is -2.17. The number of nitrogens with zero attached hydrogens (tertiary/aromatic N) is 1. The quantitative estimate of drug-likeness (QED) is 0.484. The van der Waals surface area contributed by atoms with Gasteiger partial charge in [0.05, 0.1) is 6.21 Å². The molecule has 6 nitrogen and oxygen atoms in total. The molecule has 3 aromatic rings. The van der Waals surface area contributed by atoms with Crippen LogP contribution in [0.4, 0.5) is 5.69 Å². The molecule has 2 aromatic heterocycles. The lowest BCUT2D eigenvalue weighted by molar-refractivity contribution is 0.0955. The van der Waals surface area contributed by atoms with E-state index in [1.54, 1.807) is 29.0 Å². The van der Waals surface area contributed by atoms with Crippen molar-refractivity contribution in [3.8, 4) is 0 Å². The van der Waals surface area contributed by atoms with Gasteiger partial charge in [-0.15, -0.1) is 22.7 Å². The van der Waals surface area contributed by atoms with Crippen molar-refractivity contribution in [2.45, 2.75) is 11.1 Å². The van der Waals surface area contributed by atoms with Crippen LogP contribution in [0.2, 0.25) is 0 Å². The number of sulfonamides is 1. The molecule has 0 radical (unpaired) electrons. The molecule has 0 aliphatic carbocycles. The number of thiophene rings is 2. The Kier molecular flexibility index (Phi) is 5.50. The van der Waals surface area contributed by atoms with Gasteiger partial charge in [0.15, 0.2) is 0 Å². The maximum Gasteiger partial charge on any atom is 0.271 e. The van der Waals surface area contributed by atoms with Crippen LogP contribution in [0.1, 0.15) is 20.1 Å². The first-order chi connectivity index (χ1) is 12.4. The van der Waals surface area contributed by atoms with Crippen molar-refractivity contribution in [3.05, 3.63) is 69.2 Å². The highest BCUT2D eigenvalue weighted by Crippen LogP contribution is 2.20. The average molecular weight is 406 g/mol. The molecule has 0 fully saturated rings. The fourth-order valence-corrected chi connectivity index (χ4v) is 4.85. The lowest BCUT2D eigenvalue weighted by atomic mass is 10.2. The minimum atomic E-state index is -3.60. The molecule has 0 saturated carbocycles. The van der Waals surface area contributed by atoms with E-state index in [2.05, 4.69) is 15.2 Å². The Hall–Kier alpha value is -2.49. The van der Waals surface area contributed by atoms with Crippen molar-refractivity contribution in [1.82, 2.24) is 5.43 Å². The van der Waals surface area contributed by atoms with Gasteiger partial charge in [-0.2, -0.15) is 5.10 Å². The third-order valence-electron chi connectivity index (χ3n) is 3.28. The Morgan fingerprint density at radius 1 is 1.12 bits per heavy atom. The molecule has 0 aliphatic heterocycles. The first-order valence-corrected chi connectivity index (χ1v) is 10.7. The number of hydrazone groups is 1. The Labute approximate surface area is 159 Å². The number of amides is 1. The van der Waals surface area contributed by atoms with Gasteiger partial charge < -0.3 is 0 Å². The first-order valence-electron chi connectivity index (χ1n) is 7.50. The number of benzene rings is 1. The number of carbonyl (C=O) groups excluding carboxylic acids is 1. The van der Waals surface area contributed by atoms with Crippen molar-refractivity contribution in [1.29, 1.82) is 0 Å². The van der Waals surface area contributed by atoms with Crippen molar-refractivity contribution in [2.24, 2.45) is 5.10 Å². The molecule has 0 bridgehead atoms. The molecule has 2 N–H and O–H groups in total. The fourth-order valence-electron chi connectivity index (χ4n) is 2.05. The van der Waals surface area contributed by atoms with E-state index in [0.717, 1.165) is 16.2 Å². The molecule has 0 spiro atoms. The number of aryl methyl sites for hydroxylation is 1. The molecular formula is C17H15N3O3S3. The molecule has 0 atom stereocenters. The Bertz CT molecular complexity index is 1020. The van der Waals surface area contributed by atoms with Crippen molar-refractivity contribution >= 4 is 50.5 Å². The summed E-state index contributed by atoms with van der Waals surface area (Å²) < 4.78 is 27.0. The van der Waals surface area contributed by atoms with Gasteiger partial charge in [-0.1, -0.05) is 6.07 Å². The molecule has 0 saturated heterocycles. The highest BCUT2D eigenvalue weighted by atomic mass is 32.2. The van der Waals surface area contributed by atoms with Gasteiger partial charge in [0.2, 0.25) is 0 Å². The smallest absolute Gasteiger partial charge is 0.271 e. The molecule has 26 heavy (non-hydrogen) atoms. The minimum absolute atomic E-state index is 0.234. The zero-order valence-electron chi connectivity index (χ0n) is 13.7. The summed E-state index contributed by atoms with van der Waals surface area (Å²) in [5, 5.41) is 5.62. The molecule has 1 amide bonds. The third-order valence-corrected chi connectivity index (χ3v) is 6.99. The largest absolute Gasteiger partial charge is 0.279 e. The van der Waals surface area contributed by atoms with E-state index in [9.17, 15) is 13.2 Å². The maximum absolute atomic E-state index is 12.2. The molecule has 3 rings (SSSR count). The van der Waals surface area contributed by atoms with Gasteiger partial charge in [-0.3, -0.25) is 9.52 Å². The summed E-state index contributed by atoms with van der Waals surface area (Å²) in [5.74, 6) is -0.373. The van der Waals surface area contributed by atoms with Crippen LogP contribution in [-0.2, 0) is 10.0 Å². The molecule has 2 heterocycles. The summed E-state index contributed by atoms with van der Waals surface area (Å²) in [6, 6.07) is 13.2. The number of hydrogen-bond donors (Lipinski definition) is 2. The van der Waals surface area contributed by atoms with Gasteiger partial charge in [0.1, 0.15) is 4.21 Å². The predicted octanol–water partition coefficient (Wildman–Crippen LogP) is 3.68. The van der Waals surface area contributed by atoms with Crippen molar-refractivity contribution in [2.75, 3.05) is 4.72 Å². The van der Waals surface area contributed by atoms with Gasteiger partial charge >= 0.3 is 0 Å². The van der Waals surface area contributed by atoms with Gasteiger partial charge in [-0.25, -0.2) is 13.8 Å². The van der Waals surface area contributed by atoms with Gasteiger partial charge in [0.25, 0.3) is 15.9 Å². The van der Waals surface area contributed by atoms with E-state index in [0.29, 0.717) is 11.3 Å². The van der Waals surface area contributed by atoms with Crippen LogP contribution in [0.5, 0.6) is 0 Å². The summed E-state index contributed by atoms with van der Waals surface area (Å²) in [7, 11) is -3.60. The van der Waals surface area contributed by atoms with Crippen LogP contribution in [0.3, 0.4) is 0 Å². The monoisotopic (exact) mass is 405 g/mol. The van der Waals surface area contributed by atoms with E-state index >= 15 is 0 Å². The maximum atomic E-state index is 12.2. The molecular weight excluding hydrogens is 390 g/mol. The first kappa shape index (κ1) is 18.3. The van der Waals surface area contributed by atoms with Crippen LogP contribution >= 0.6 is 22.7 Å². The van der Waals surface area contributed by atoms with Gasteiger partial charge in [-0.05, 0) is 54.8 Å². The molecule has 0 aliphatic rings. The van der Waals surface area contributed by atoms with Crippen molar-refractivity contribution < 1.29 is 13.2 Å². The van der Waals surface area contributed by atoms with Crippen LogP contribution in [-0.4, -0.2) is 20.5 Å². The summed E-state index contributed by atoms with van der Waals surface area (Å²) in [5.41, 5.74) is 3.21. The SMILES string of the molecule is Cc1ccc(/C=N/NC(=O)c2ccc(NS(=O)(=O)c3cccs3)cc2)s1. The van der Waals surface area contributed by atoms with Gasteiger partial charge in [0, 0.05) is 21.0 Å². The number of nitrogens with one attached hydrogen (secondary N) is 2. The summed E-state index contributed by atoms with van der Waals surface area (Å²) in [4.78, 5) is 14.2. The second kappa shape index (κ2) is 7.81. The Morgan fingerprint density at radius 2 is 1.88 bits per heavy atom. The standard InChI is InChI=1S/C17H15N3O3S3/c1-12-4-9-15(25-12)11-18-19-17(21)13-5-7-14(8-6-13)20-26(22,23)16-3-2-10-24-16/h2-11,20H,1H3,(H,19,21)/b18-11+. The van der Waals surface area contributed by atoms with Crippen LogP contribution in [0.15, 0.2) is 63.2 Å². The second-order valence-electron chi connectivity index (χ2n) is 5.26. The molecule has 134 valence electrons. The highest BCUT2D eigenvalue weighted by Gasteiger charge is 2.15. The van der Waals surface area contributed by atoms with Crippen LogP contribution in [0.25, 0.3) is 0 Å². The highest BCUT2D eigenvalue weighted by molar-refractivity contribution is 7.94. The van der Waals surface area contributed by atoms with E-state index in [1.165, 1.54) is 35.2 Å². The number of anilines is 1. The number of hydrogen-bond acceptors (Lipinski definition) is 6.